The molecule has 0 aromatic rings. The van der Waals surface area contributed by atoms with Crippen LogP contribution in [0.2, 0.25) is 0 Å². The van der Waals surface area contributed by atoms with Gasteiger partial charge in [-0.3, -0.25) is 9.59 Å². The van der Waals surface area contributed by atoms with Crippen LogP contribution in [-0.4, -0.2) is 58.4 Å². The molecule has 0 aromatic heterocycles. The number of hydrogen-bond donors (Lipinski definition) is 3. The summed E-state index contributed by atoms with van der Waals surface area (Å²) in [7, 11) is 0. The Labute approximate surface area is 126 Å². The molecule has 0 heterocycles. The molecular formula is C15H27NO5. The molecule has 3 N–H and O–H groups in total. The van der Waals surface area contributed by atoms with E-state index in [2.05, 4.69) is 6.92 Å². The highest BCUT2D eigenvalue weighted by molar-refractivity contribution is 5.83. The molecule has 0 saturated carbocycles. The summed E-state index contributed by atoms with van der Waals surface area (Å²) < 4.78 is 0. The molecular weight excluding hydrogens is 274 g/mol. The van der Waals surface area contributed by atoms with Crippen molar-refractivity contribution in [2.45, 2.75) is 39.0 Å². The van der Waals surface area contributed by atoms with E-state index >= 15 is 0 Å². The van der Waals surface area contributed by atoms with Crippen molar-refractivity contribution >= 4 is 11.9 Å². The maximum absolute atomic E-state index is 12.0. The average molecular weight is 301 g/mol. The number of rotatable bonds is 12. The number of hydrogen-bond acceptors (Lipinski definition) is 4. The first-order valence-corrected chi connectivity index (χ1v) is 7.45. The van der Waals surface area contributed by atoms with Gasteiger partial charge in [-0.15, -0.1) is 0 Å². The second-order valence-corrected chi connectivity index (χ2v) is 4.90. The molecule has 0 aliphatic carbocycles. The Morgan fingerprint density at radius 3 is 2.24 bits per heavy atom. The lowest BCUT2D eigenvalue weighted by Crippen LogP contribution is -2.37. The number of aliphatic hydroxyl groups is 2. The SMILES string of the molecule is CCCCCC=CC(CC(=O)N(CCO)CCO)C(=O)O. The molecule has 6 nitrogen and oxygen atoms in total. The monoisotopic (exact) mass is 301 g/mol. The quantitative estimate of drug-likeness (QED) is 0.369. The molecule has 122 valence electrons. The Balaban J connectivity index is 4.46. The van der Waals surface area contributed by atoms with Gasteiger partial charge in [0.05, 0.1) is 19.1 Å². The molecule has 0 rings (SSSR count). The summed E-state index contributed by atoms with van der Waals surface area (Å²) in [4.78, 5) is 24.4. The lowest BCUT2D eigenvalue weighted by molar-refractivity contribution is -0.144. The Morgan fingerprint density at radius 1 is 1.14 bits per heavy atom. The normalized spacial score (nSPS) is 12.5. The molecule has 1 unspecified atom stereocenters. The number of aliphatic carboxylic acids is 1. The summed E-state index contributed by atoms with van der Waals surface area (Å²) in [6.07, 6.45) is 7.24. The number of carbonyl (C=O) groups is 2. The van der Waals surface area contributed by atoms with Crippen LogP contribution in [0.4, 0.5) is 0 Å². The summed E-state index contributed by atoms with van der Waals surface area (Å²) >= 11 is 0. The highest BCUT2D eigenvalue weighted by Gasteiger charge is 2.21. The van der Waals surface area contributed by atoms with E-state index in [-0.39, 0.29) is 38.6 Å². The number of nitrogens with zero attached hydrogens (tertiary/aromatic N) is 1. The van der Waals surface area contributed by atoms with Crippen LogP contribution < -0.4 is 0 Å². The number of carboxylic acids is 1. The molecule has 0 fully saturated rings. The first-order chi connectivity index (χ1) is 10.1. The third-order valence-electron chi connectivity index (χ3n) is 3.15. The van der Waals surface area contributed by atoms with Crippen molar-refractivity contribution in [2.75, 3.05) is 26.3 Å². The Kier molecular flexibility index (Phi) is 11.5. The van der Waals surface area contributed by atoms with Gasteiger partial charge in [0.15, 0.2) is 0 Å². The van der Waals surface area contributed by atoms with E-state index < -0.39 is 11.9 Å². The molecule has 0 aromatic carbocycles. The molecule has 6 heteroatoms. The zero-order valence-corrected chi connectivity index (χ0v) is 12.7. The fourth-order valence-corrected chi connectivity index (χ4v) is 1.93. The molecule has 1 atom stereocenters. The lowest BCUT2D eigenvalue weighted by atomic mass is 10.0. The maximum Gasteiger partial charge on any atom is 0.310 e. The van der Waals surface area contributed by atoms with Crippen LogP contribution in [0.3, 0.4) is 0 Å². The summed E-state index contributed by atoms with van der Waals surface area (Å²) in [5, 5.41) is 26.9. The molecule has 0 radical (unpaired) electrons. The summed E-state index contributed by atoms with van der Waals surface area (Å²) in [5.74, 6) is -2.27. The Hall–Kier alpha value is -1.40. The number of allylic oxidation sites excluding steroid dienone is 1. The smallest absolute Gasteiger partial charge is 0.310 e. The number of amides is 1. The van der Waals surface area contributed by atoms with Gasteiger partial charge in [0.25, 0.3) is 0 Å². The van der Waals surface area contributed by atoms with E-state index in [1.807, 2.05) is 6.08 Å². The van der Waals surface area contributed by atoms with Crippen molar-refractivity contribution in [2.24, 2.45) is 5.92 Å². The van der Waals surface area contributed by atoms with Gasteiger partial charge < -0.3 is 20.2 Å². The third-order valence-corrected chi connectivity index (χ3v) is 3.15. The minimum atomic E-state index is -1.04. The van der Waals surface area contributed by atoms with Gasteiger partial charge in [-0.05, 0) is 12.8 Å². The van der Waals surface area contributed by atoms with Gasteiger partial charge in [-0.2, -0.15) is 0 Å². The van der Waals surface area contributed by atoms with Crippen LogP contribution in [0.5, 0.6) is 0 Å². The van der Waals surface area contributed by atoms with E-state index in [1.165, 1.54) is 4.90 Å². The van der Waals surface area contributed by atoms with Crippen LogP contribution in [0.1, 0.15) is 39.0 Å². The largest absolute Gasteiger partial charge is 0.481 e. The van der Waals surface area contributed by atoms with Crippen molar-refractivity contribution in [3.05, 3.63) is 12.2 Å². The Morgan fingerprint density at radius 2 is 1.76 bits per heavy atom. The van der Waals surface area contributed by atoms with Gasteiger partial charge in [0.2, 0.25) is 5.91 Å². The second kappa shape index (κ2) is 12.3. The van der Waals surface area contributed by atoms with Crippen molar-refractivity contribution in [3.63, 3.8) is 0 Å². The number of carbonyl (C=O) groups excluding carboxylic acids is 1. The zero-order chi connectivity index (χ0) is 16.1. The summed E-state index contributed by atoms with van der Waals surface area (Å²) in [5.41, 5.74) is 0. The van der Waals surface area contributed by atoms with E-state index in [0.717, 1.165) is 25.7 Å². The van der Waals surface area contributed by atoms with Gasteiger partial charge in [0, 0.05) is 19.5 Å². The minimum Gasteiger partial charge on any atom is -0.481 e. The topological polar surface area (TPSA) is 98.1 Å². The van der Waals surface area contributed by atoms with Crippen molar-refractivity contribution in [1.82, 2.24) is 4.90 Å². The van der Waals surface area contributed by atoms with E-state index in [4.69, 9.17) is 15.3 Å². The fourth-order valence-electron chi connectivity index (χ4n) is 1.93. The van der Waals surface area contributed by atoms with Gasteiger partial charge in [-0.1, -0.05) is 31.9 Å². The summed E-state index contributed by atoms with van der Waals surface area (Å²) in [6.45, 7) is 1.88. The predicted molar refractivity (Wildman–Crippen MR) is 79.8 cm³/mol. The third kappa shape index (κ3) is 9.20. The molecule has 0 bridgehead atoms. The van der Waals surface area contributed by atoms with Gasteiger partial charge in [-0.25, -0.2) is 0 Å². The van der Waals surface area contributed by atoms with Gasteiger partial charge in [0.1, 0.15) is 0 Å². The van der Waals surface area contributed by atoms with E-state index in [1.54, 1.807) is 6.08 Å². The number of carboxylic acid groups (broad SMARTS) is 1. The average Bonchev–Trinajstić information content (AvgIpc) is 2.45. The number of aliphatic hydroxyl groups excluding tert-OH is 2. The predicted octanol–water partition coefficient (Wildman–Crippen LogP) is 1.03. The molecule has 0 aliphatic heterocycles. The molecule has 1 amide bonds. The molecule has 0 saturated heterocycles. The lowest BCUT2D eigenvalue weighted by Gasteiger charge is -2.21. The summed E-state index contributed by atoms with van der Waals surface area (Å²) in [6, 6.07) is 0. The first-order valence-electron chi connectivity index (χ1n) is 7.45. The fraction of sp³-hybridized carbons (Fsp3) is 0.733. The maximum atomic E-state index is 12.0. The highest BCUT2D eigenvalue weighted by Crippen LogP contribution is 2.10. The molecule has 0 spiro atoms. The highest BCUT2D eigenvalue weighted by atomic mass is 16.4. The Bertz CT molecular complexity index is 324. The van der Waals surface area contributed by atoms with Crippen LogP contribution >= 0.6 is 0 Å². The zero-order valence-electron chi connectivity index (χ0n) is 12.7. The van der Waals surface area contributed by atoms with Crippen LogP contribution in [-0.2, 0) is 9.59 Å². The van der Waals surface area contributed by atoms with Crippen LogP contribution in [0.25, 0.3) is 0 Å². The molecule has 0 aliphatic rings. The van der Waals surface area contributed by atoms with Crippen molar-refractivity contribution in [3.8, 4) is 0 Å². The first kappa shape index (κ1) is 19.6. The van der Waals surface area contributed by atoms with Gasteiger partial charge >= 0.3 is 5.97 Å². The minimum absolute atomic E-state index is 0.103. The van der Waals surface area contributed by atoms with Crippen molar-refractivity contribution in [1.29, 1.82) is 0 Å². The molecule has 21 heavy (non-hydrogen) atoms. The van der Waals surface area contributed by atoms with E-state index in [9.17, 15) is 9.59 Å². The van der Waals surface area contributed by atoms with E-state index in [0.29, 0.717) is 0 Å². The van der Waals surface area contributed by atoms with Crippen molar-refractivity contribution < 1.29 is 24.9 Å². The van der Waals surface area contributed by atoms with Crippen LogP contribution in [0.15, 0.2) is 12.2 Å². The van der Waals surface area contributed by atoms with Crippen LogP contribution in [0, 0.1) is 5.92 Å². The second-order valence-electron chi connectivity index (χ2n) is 4.90. The standard InChI is InChI=1S/C15H27NO5/c1-2-3-4-5-6-7-13(15(20)21)12-14(19)16(8-10-17)9-11-18/h6-7,13,17-18H,2-5,8-12H2,1H3,(H,20,21). The number of unbranched alkanes of at least 4 members (excludes halogenated alkanes) is 3.